The third-order valence-electron chi connectivity index (χ3n) is 2.54. The van der Waals surface area contributed by atoms with Crippen LogP contribution in [0.2, 0.25) is 0 Å². The molecule has 7 nitrogen and oxygen atoms in total. The van der Waals surface area contributed by atoms with Crippen molar-refractivity contribution in [3.63, 3.8) is 0 Å². The van der Waals surface area contributed by atoms with Gasteiger partial charge in [-0.05, 0) is 12.1 Å². The molecule has 2 rings (SSSR count). The number of anilines is 2. The summed E-state index contributed by atoms with van der Waals surface area (Å²) in [5.41, 5.74) is 1.04. The summed E-state index contributed by atoms with van der Waals surface area (Å²) in [5, 5.41) is 11.9. The van der Waals surface area contributed by atoms with E-state index in [1.165, 1.54) is 6.33 Å². The number of carboxylic acid groups (broad SMARTS) is 1. The second-order valence-electron chi connectivity index (χ2n) is 4.06. The summed E-state index contributed by atoms with van der Waals surface area (Å²) in [6, 6.07) is 5.60. The molecule has 0 saturated heterocycles. The van der Waals surface area contributed by atoms with Crippen LogP contribution in [0.3, 0.4) is 0 Å². The first-order chi connectivity index (χ1) is 9.15. The summed E-state index contributed by atoms with van der Waals surface area (Å²) in [7, 11) is 1.67. The van der Waals surface area contributed by atoms with Crippen LogP contribution in [-0.4, -0.2) is 39.6 Å². The third-order valence-corrected chi connectivity index (χ3v) is 2.54. The van der Waals surface area contributed by atoms with Crippen molar-refractivity contribution in [3.8, 4) is 0 Å². The molecule has 100 valence electrons. The SMILES string of the molecule is CN(CC(=O)O)c1cc(NCc2ccc[nH]2)ncn1. The summed E-state index contributed by atoms with van der Waals surface area (Å²) in [6.45, 7) is 0.513. The van der Waals surface area contributed by atoms with Crippen molar-refractivity contribution in [1.82, 2.24) is 15.0 Å². The average Bonchev–Trinajstić information content (AvgIpc) is 2.89. The van der Waals surface area contributed by atoms with Crippen molar-refractivity contribution in [3.05, 3.63) is 36.4 Å². The molecule has 2 aromatic rings. The highest BCUT2D eigenvalue weighted by Crippen LogP contribution is 2.13. The van der Waals surface area contributed by atoms with Crippen molar-refractivity contribution in [2.24, 2.45) is 0 Å². The second kappa shape index (κ2) is 5.85. The number of aromatic amines is 1. The molecule has 0 aliphatic heterocycles. The quantitative estimate of drug-likeness (QED) is 0.716. The van der Waals surface area contributed by atoms with Gasteiger partial charge in [-0.1, -0.05) is 0 Å². The van der Waals surface area contributed by atoms with E-state index in [1.807, 2.05) is 18.3 Å². The van der Waals surface area contributed by atoms with Gasteiger partial charge in [-0.3, -0.25) is 4.79 Å². The monoisotopic (exact) mass is 261 g/mol. The molecule has 0 bridgehead atoms. The fraction of sp³-hybridized carbons (Fsp3) is 0.250. The molecule has 0 aromatic carbocycles. The van der Waals surface area contributed by atoms with E-state index >= 15 is 0 Å². The smallest absolute Gasteiger partial charge is 0.323 e. The number of aliphatic carboxylic acids is 1. The molecule has 0 atom stereocenters. The van der Waals surface area contributed by atoms with Crippen LogP contribution in [0.25, 0.3) is 0 Å². The van der Waals surface area contributed by atoms with E-state index in [4.69, 9.17) is 5.11 Å². The lowest BCUT2D eigenvalue weighted by atomic mass is 10.4. The lowest BCUT2D eigenvalue weighted by Gasteiger charge is -2.15. The molecule has 0 aliphatic carbocycles. The predicted molar refractivity (Wildman–Crippen MR) is 71.1 cm³/mol. The molecule has 3 N–H and O–H groups in total. The molecule has 0 radical (unpaired) electrons. The Balaban J connectivity index is 2.00. The molecule has 0 spiro atoms. The van der Waals surface area contributed by atoms with E-state index in [0.717, 1.165) is 5.69 Å². The van der Waals surface area contributed by atoms with E-state index < -0.39 is 5.97 Å². The number of nitrogens with zero attached hydrogens (tertiary/aromatic N) is 3. The molecule has 19 heavy (non-hydrogen) atoms. The number of hydrogen-bond donors (Lipinski definition) is 3. The Morgan fingerprint density at radius 2 is 2.37 bits per heavy atom. The summed E-state index contributed by atoms with van der Waals surface area (Å²) >= 11 is 0. The maximum atomic E-state index is 10.6. The highest BCUT2D eigenvalue weighted by atomic mass is 16.4. The number of carboxylic acids is 1. The summed E-state index contributed by atoms with van der Waals surface area (Å²) in [4.78, 5) is 23.4. The summed E-state index contributed by atoms with van der Waals surface area (Å²) in [6.07, 6.45) is 3.26. The van der Waals surface area contributed by atoms with Crippen LogP contribution in [0.1, 0.15) is 5.69 Å². The maximum absolute atomic E-state index is 10.6. The molecule has 0 saturated carbocycles. The van der Waals surface area contributed by atoms with Crippen LogP contribution >= 0.6 is 0 Å². The van der Waals surface area contributed by atoms with Gasteiger partial charge in [0.2, 0.25) is 0 Å². The normalized spacial score (nSPS) is 10.2. The van der Waals surface area contributed by atoms with Crippen LogP contribution < -0.4 is 10.2 Å². The second-order valence-corrected chi connectivity index (χ2v) is 4.06. The van der Waals surface area contributed by atoms with Crippen LogP contribution in [0.4, 0.5) is 11.6 Å². The Kier molecular flexibility index (Phi) is 3.97. The number of likely N-dealkylation sites (N-methyl/N-ethyl adjacent to an activating group) is 1. The standard InChI is InChI=1S/C12H15N5O2/c1-17(7-12(18)19)11-5-10(15-8-16-11)14-6-9-3-2-4-13-9/h2-5,8,13H,6-7H2,1H3,(H,18,19)(H,14,15,16). The van der Waals surface area contributed by atoms with E-state index in [2.05, 4.69) is 20.3 Å². The minimum atomic E-state index is -0.901. The topological polar surface area (TPSA) is 94.1 Å². The molecular formula is C12H15N5O2. The lowest BCUT2D eigenvalue weighted by Crippen LogP contribution is -2.26. The molecule has 0 fully saturated rings. The molecule has 0 unspecified atom stereocenters. The largest absolute Gasteiger partial charge is 0.480 e. The van der Waals surface area contributed by atoms with Gasteiger partial charge in [0, 0.05) is 25.0 Å². The molecule has 0 amide bonds. The van der Waals surface area contributed by atoms with Crippen molar-refractivity contribution in [2.45, 2.75) is 6.54 Å². The van der Waals surface area contributed by atoms with Crippen molar-refractivity contribution in [1.29, 1.82) is 0 Å². The number of H-pyrrole nitrogens is 1. The van der Waals surface area contributed by atoms with Crippen LogP contribution in [0.5, 0.6) is 0 Å². The van der Waals surface area contributed by atoms with Crippen molar-refractivity contribution in [2.75, 3.05) is 23.8 Å². The number of aromatic nitrogens is 3. The van der Waals surface area contributed by atoms with Crippen molar-refractivity contribution < 1.29 is 9.90 Å². The number of carbonyl (C=O) groups is 1. The van der Waals surface area contributed by atoms with Crippen LogP contribution in [-0.2, 0) is 11.3 Å². The van der Waals surface area contributed by atoms with E-state index in [9.17, 15) is 4.79 Å². The van der Waals surface area contributed by atoms with E-state index in [0.29, 0.717) is 18.2 Å². The minimum absolute atomic E-state index is 0.104. The highest BCUT2D eigenvalue weighted by molar-refractivity contribution is 5.73. The first-order valence-corrected chi connectivity index (χ1v) is 5.76. The van der Waals surface area contributed by atoms with Gasteiger partial charge in [0.15, 0.2) is 0 Å². The van der Waals surface area contributed by atoms with E-state index in [-0.39, 0.29) is 6.54 Å². The van der Waals surface area contributed by atoms with Crippen LogP contribution in [0, 0.1) is 0 Å². The van der Waals surface area contributed by atoms with Crippen LogP contribution in [0.15, 0.2) is 30.7 Å². The van der Waals surface area contributed by atoms with E-state index in [1.54, 1.807) is 18.0 Å². The lowest BCUT2D eigenvalue weighted by molar-refractivity contribution is -0.135. The minimum Gasteiger partial charge on any atom is -0.480 e. The average molecular weight is 261 g/mol. The molecule has 2 heterocycles. The first-order valence-electron chi connectivity index (χ1n) is 5.76. The Morgan fingerprint density at radius 3 is 3.05 bits per heavy atom. The maximum Gasteiger partial charge on any atom is 0.323 e. The Bertz CT molecular complexity index is 541. The van der Waals surface area contributed by atoms with Gasteiger partial charge in [0.05, 0.1) is 6.54 Å². The zero-order valence-corrected chi connectivity index (χ0v) is 10.5. The van der Waals surface area contributed by atoms with Gasteiger partial charge in [-0.25, -0.2) is 9.97 Å². The number of rotatable bonds is 6. The van der Waals surface area contributed by atoms with Gasteiger partial charge in [-0.2, -0.15) is 0 Å². The van der Waals surface area contributed by atoms with Gasteiger partial charge in [0.1, 0.15) is 24.5 Å². The Morgan fingerprint density at radius 1 is 1.53 bits per heavy atom. The molecular weight excluding hydrogens is 246 g/mol. The zero-order chi connectivity index (χ0) is 13.7. The fourth-order valence-electron chi connectivity index (χ4n) is 1.60. The zero-order valence-electron chi connectivity index (χ0n) is 10.5. The molecule has 0 aliphatic rings. The third kappa shape index (κ3) is 3.70. The molecule has 7 heteroatoms. The van der Waals surface area contributed by atoms with Gasteiger partial charge in [0.25, 0.3) is 0 Å². The Labute approximate surface area is 110 Å². The molecule has 2 aromatic heterocycles. The highest BCUT2D eigenvalue weighted by Gasteiger charge is 2.08. The van der Waals surface area contributed by atoms with Crippen molar-refractivity contribution >= 4 is 17.6 Å². The fourth-order valence-corrected chi connectivity index (χ4v) is 1.60. The Hall–Kier alpha value is -2.57. The summed E-state index contributed by atoms with van der Waals surface area (Å²) < 4.78 is 0. The predicted octanol–water partition coefficient (Wildman–Crippen LogP) is 0.938. The van der Waals surface area contributed by atoms with Gasteiger partial charge < -0.3 is 20.3 Å². The summed E-state index contributed by atoms with van der Waals surface area (Å²) in [5.74, 6) is 0.310. The first kappa shape index (κ1) is 12.9. The number of nitrogens with one attached hydrogen (secondary N) is 2. The van der Waals surface area contributed by atoms with Gasteiger partial charge in [-0.15, -0.1) is 0 Å². The number of hydrogen-bond acceptors (Lipinski definition) is 5. The van der Waals surface area contributed by atoms with Gasteiger partial charge >= 0.3 is 5.97 Å².